The summed E-state index contributed by atoms with van der Waals surface area (Å²) in [6.45, 7) is 4.78. The third-order valence-electron chi connectivity index (χ3n) is 4.84. The maximum atomic E-state index is 12.6. The van der Waals surface area contributed by atoms with Crippen molar-refractivity contribution in [1.82, 2.24) is 9.88 Å². The fourth-order valence-electron chi connectivity index (χ4n) is 3.38. The van der Waals surface area contributed by atoms with E-state index in [4.69, 9.17) is 4.42 Å². The van der Waals surface area contributed by atoms with Crippen LogP contribution >= 0.6 is 0 Å². The summed E-state index contributed by atoms with van der Waals surface area (Å²) in [7, 11) is 0. The zero-order valence-corrected chi connectivity index (χ0v) is 15.4. The number of carbonyl (C=O) groups is 2. The Morgan fingerprint density at radius 2 is 2.00 bits per heavy atom. The van der Waals surface area contributed by atoms with Gasteiger partial charge in [0.15, 0.2) is 11.5 Å². The van der Waals surface area contributed by atoms with Gasteiger partial charge >= 0.3 is 0 Å². The van der Waals surface area contributed by atoms with E-state index in [1.807, 2.05) is 31.2 Å². The number of hydrogen-bond donors (Lipinski definition) is 1. The third kappa shape index (κ3) is 3.69. The molecule has 1 aliphatic heterocycles. The molecule has 1 atom stereocenters. The van der Waals surface area contributed by atoms with E-state index in [1.54, 1.807) is 30.0 Å². The van der Waals surface area contributed by atoms with Gasteiger partial charge in [0.05, 0.1) is 5.92 Å². The van der Waals surface area contributed by atoms with Gasteiger partial charge in [0.1, 0.15) is 5.52 Å². The normalized spacial score (nSPS) is 16.9. The summed E-state index contributed by atoms with van der Waals surface area (Å²) in [6.07, 6.45) is 0.239. The minimum absolute atomic E-state index is 0.0123. The molecule has 6 nitrogen and oxygen atoms in total. The highest BCUT2D eigenvalue weighted by Crippen LogP contribution is 2.24. The molecule has 0 saturated carbocycles. The molecule has 1 fully saturated rings. The van der Waals surface area contributed by atoms with Crippen LogP contribution in [-0.4, -0.2) is 28.2 Å². The average molecular weight is 363 g/mol. The van der Waals surface area contributed by atoms with Crippen LogP contribution in [0, 0.1) is 19.8 Å². The molecule has 2 aromatic carbocycles. The largest absolute Gasteiger partial charge is 0.441 e. The molecule has 0 aliphatic carbocycles. The van der Waals surface area contributed by atoms with Crippen LogP contribution in [0.4, 0.5) is 5.69 Å². The minimum Gasteiger partial charge on any atom is -0.441 e. The van der Waals surface area contributed by atoms with Gasteiger partial charge in [-0.3, -0.25) is 9.59 Å². The van der Waals surface area contributed by atoms with Crippen LogP contribution in [0.2, 0.25) is 0 Å². The molecule has 1 saturated heterocycles. The molecule has 1 aliphatic rings. The van der Waals surface area contributed by atoms with Crippen LogP contribution in [0.25, 0.3) is 11.1 Å². The number of likely N-dealkylation sites (tertiary alicyclic amines) is 1. The van der Waals surface area contributed by atoms with E-state index < -0.39 is 0 Å². The van der Waals surface area contributed by atoms with Crippen molar-refractivity contribution in [1.29, 1.82) is 0 Å². The fourth-order valence-corrected chi connectivity index (χ4v) is 3.38. The van der Waals surface area contributed by atoms with E-state index in [0.29, 0.717) is 35.8 Å². The lowest BCUT2D eigenvalue weighted by atomic mass is 10.1. The lowest BCUT2D eigenvalue weighted by Crippen LogP contribution is -2.28. The summed E-state index contributed by atoms with van der Waals surface area (Å²) in [4.78, 5) is 30.9. The van der Waals surface area contributed by atoms with E-state index in [9.17, 15) is 9.59 Å². The van der Waals surface area contributed by atoms with Gasteiger partial charge in [-0.1, -0.05) is 29.8 Å². The first kappa shape index (κ1) is 17.3. The zero-order chi connectivity index (χ0) is 19.0. The number of aryl methyl sites for hydroxylation is 2. The predicted octanol–water partition coefficient (Wildman–Crippen LogP) is 3.43. The molecule has 2 heterocycles. The van der Waals surface area contributed by atoms with E-state index >= 15 is 0 Å². The molecule has 4 rings (SSSR count). The molecular formula is C21H21N3O3. The highest BCUT2D eigenvalue weighted by atomic mass is 16.3. The highest BCUT2D eigenvalue weighted by Gasteiger charge is 2.34. The molecular weight excluding hydrogens is 342 g/mol. The number of amides is 2. The Balaban J connectivity index is 1.41. The summed E-state index contributed by atoms with van der Waals surface area (Å²) in [5.41, 5.74) is 4.30. The Kier molecular flexibility index (Phi) is 4.39. The smallest absolute Gasteiger partial charge is 0.229 e. The van der Waals surface area contributed by atoms with Gasteiger partial charge in [-0.05, 0) is 30.7 Å². The van der Waals surface area contributed by atoms with Crippen molar-refractivity contribution in [3.63, 3.8) is 0 Å². The van der Waals surface area contributed by atoms with Gasteiger partial charge in [0.25, 0.3) is 0 Å². The molecule has 1 N–H and O–H groups in total. The monoisotopic (exact) mass is 363 g/mol. The number of nitrogens with zero attached hydrogens (tertiary/aromatic N) is 2. The zero-order valence-electron chi connectivity index (χ0n) is 15.4. The number of rotatable bonds is 4. The van der Waals surface area contributed by atoms with Crippen LogP contribution in [0.5, 0.6) is 0 Å². The topological polar surface area (TPSA) is 75.4 Å². The number of carbonyl (C=O) groups excluding carboxylic acids is 2. The highest BCUT2D eigenvalue weighted by molar-refractivity contribution is 5.98. The van der Waals surface area contributed by atoms with Gasteiger partial charge < -0.3 is 14.6 Å². The number of nitrogens with one attached hydrogen (secondary N) is 1. The molecule has 1 aromatic heterocycles. The summed E-state index contributed by atoms with van der Waals surface area (Å²) < 4.78 is 5.44. The number of hydrogen-bond acceptors (Lipinski definition) is 4. The number of anilines is 1. The number of oxazole rings is 1. The third-order valence-corrected chi connectivity index (χ3v) is 4.84. The van der Waals surface area contributed by atoms with Crippen molar-refractivity contribution < 1.29 is 14.0 Å². The van der Waals surface area contributed by atoms with E-state index in [-0.39, 0.29) is 24.2 Å². The van der Waals surface area contributed by atoms with Gasteiger partial charge in [0.2, 0.25) is 11.8 Å². The Bertz CT molecular complexity index is 1010. The molecule has 2 amide bonds. The maximum Gasteiger partial charge on any atom is 0.229 e. The van der Waals surface area contributed by atoms with Gasteiger partial charge in [-0.15, -0.1) is 0 Å². The molecule has 1 unspecified atom stereocenters. The van der Waals surface area contributed by atoms with Crippen molar-refractivity contribution in [3.05, 3.63) is 59.5 Å². The molecule has 0 bridgehead atoms. The Labute approximate surface area is 157 Å². The second-order valence-corrected chi connectivity index (χ2v) is 7.07. The van der Waals surface area contributed by atoms with Crippen LogP contribution < -0.4 is 5.32 Å². The van der Waals surface area contributed by atoms with Crippen LogP contribution in [0.3, 0.4) is 0 Å². The van der Waals surface area contributed by atoms with Crippen molar-refractivity contribution >= 4 is 28.6 Å². The first-order valence-electron chi connectivity index (χ1n) is 8.99. The summed E-state index contributed by atoms with van der Waals surface area (Å²) >= 11 is 0. The number of aromatic nitrogens is 1. The lowest BCUT2D eigenvalue weighted by Gasteiger charge is -2.17. The van der Waals surface area contributed by atoms with Gasteiger partial charge in [-0.25, -0.2) is 4.98 Å². The Hall–Kier alpha value is -3.15. The first-order valence-corrected chi connectivity index (χ1v) is 8.99. The molecule has 6 heteroatoms. The summed E-state index contributed by atoms with van der Waals surface area (Å²) in [5.74, 6) is 0.104. The number of fused-ring (bicyclic) bond motifs is 1. The summed E-state index contributed by atoms with van der Waals surface area (Å²) in [6, 6.07) is 13.4. The standard InChI is InChI=1S/C21H21N3O3/c1-13-3-5-15(6-4-13)11-24-12-16(9-20(24)25)21(26)23-17-7-8-19-18(10-17)22-14(2)27-19/h3-8,10,16H,9,11-12H2,1-2H3,(H,23,26). The number of benzene rings is 2. The second-order valence-electron chi connectivity index (χ2n) is 7.07. The second kappa shape index (κ2) is 6.87. The lowest BCUT2D eigenvalue weighted by molar-refractivity contribution is -0.128. The first-order chi connectivity index (χ1) is 13.0. The van der Waals surface area contributed by atoms with Crippen molar-refractivity contribution in [2.24, 2.45) is 5.92 Å². The SMILES string of the molecule is Cc1ccc(CN2CC(C(=O)Nc3ccc4oc(C)nc4c3)CC2=O)cc1. The van der Waals surface area contributed by atoms with Gasteiger partial charge in [-0.2, -0.15) is 0 Å². The van der Waals surface area contributed by atoms with E-state index in [1.165, 1.54) is 5.56 Å². The van der Waals surface area contributed by atoms with Gasteiger partial charge in [0, 0.05) is 32.1 Å². The maximum absolute atomic E-state index is 12.6. The Morgan fingerprint density at radius 1 is 1.22 bits per heavy atom. The van der Waals surface area contributed by atoms with Crippen LogP contribution in [0.15, 0.2) is 46.9 Å². The van der Waals surface area contributed by atoms with Crippen molar-refractivity contribution in [3.8, 4) is 0 Å². The molecule has 0 radical (unpaired) electrons. The fraction of sp³-hybridized carbons (Fsp3) is 0.286. The van der Waals surface area contributed by atoms with E-state index in [2.05, 4.69) is 10.3 Å². The van der Waals surface area contributed by atoms with Crippen LogP contribution in [-0.2, 0) is 16.1 Å². The molecule has 3 aromatic rings. The minimum atomic E-state index is -0.349. The summed E-state index contributed by atoms with van der Waals surface area (Å²) in [5, 5.41) is 2.90. The van der Waals surface area contributed by atoms with Crippen molar-refractivity contribution in [2.45, 2.75) is 26.8 Å². The Morgan fingerprint density at radius 3 is 2.78 bits per heavy atom. The predicted molar refractivity (Wildman–Crippen MR) is 102 cm³/mol. The average Bonchev–Trinajstić information content (AvgIpc) is 3.18. The molecule has 138 valence electrons. The molecule has 27 heavy (non-hydrogen) atoms. The van der Waals surface area contributed by atoms with Crippen LogP contribution in [0.1, 0.15) is 23.4 Å². The quantitative estimate of drug-likeness (QED) is 0.770. The molecule has 0 spiro atoms. The van der Waals surface area contributed by atoms with Crippen molar-refractivity contribution in [2.75, 3.05) is 11.9 Å². The van der Waals surface area contributed by atoms with E-state index in [0.717, 1.165) is 5.56 Å².